The standard InChI is InChI=1S/C14H16N4O3/c19-13(10-7-11-12(15-8-10)17-9-16-11)18-3-1-14(2-4-18)20-5-6-21-14/h7-9H,1-6H2,(H,15,16,17). The molecule has 2 aromatic rings. The Kier molecular flexibility index (Phi) is 2.90. The minimum atomic E-state index is -0.456. The highest BCUT2D eigenvalue weighted by Gasteiger charge is 2.40. The number of fused-ring (bicyclic) bond motifs is 1. The van der Waals surface area contributed by atoms with Gasteiger partial charge in [-0.2, -0.15) is 0 Å². The summed E-state index contributed by atoms with van der Waals surface area (Å²) >= 11 is 0. The van der Waals surface area contributed by atoms with Crippen LogP contribution in [0, 0.1) is 0 Å². The number of pyridine rings is 1. The molecular weight excluding hydrogens is 272 g/mol. The zero-order valence-corrected chi connectivity index (χ0v) is 11.5. The minimum absolute atomic E-state index is 0.00755. The molecule has 0 atom stereocenters. The lowest BCUT2D eigenvalue weighted by Gasteiger charge is -2.37. The summed E-state index contributed by atoms with van der Waals surface area (Å²) in [5.74, 6) is -0.464. The normalized spacial score (nSPS) is 21.2. The number of H-pyrrole nitrogens is 1. The van der Waals surface area contributed by atoms with Crippen LogP contribution in [-0.2, 0) is 9.47 Å². The van der Waals surface area contributed by atoms with Crippen molar-refractivity contribution in [3.05, 3.63) is 24.2 Å². The number of nitrogens with one attached hydrogen (secondary N) is 1. The summed E-state index contributed by atoms with van der Waals surface area (Å²) in [5, 5.41) is 0. The van der Waals surface area contributed by atoms with Gasteiger partial charge in [-0.1, -0.05) is 0 Å². The Morgan fingerprint density at radius 1 is 1.24 bits per heavy atom. The molecule has 2 saturated heterocycles. The molecule has 2 aliphatic rings. The van der Waals surface area contributed by atoms with E-state index in [-0.39, 0.29) is 5.91 Å². The smallest absolute Gasteiger partial charge is 0.255 e. The van der Waals surface area contributed by atoms with Crippen molar-refractivity contribution < 1.29 is 14.3 Å². The number of nitrogens with zero attached hydrogens (tertiary/aromatic N) is 3. The van der Waals surface area contributed by atoms with Crippen LogP contribution in [0.1, 0.15) is 23.2 Å². The molecule has 0 unspecified atom stereocenters. The topological polar surface area (TPSA) is 80.3 Å². The molecule has 4 rings (SSSR count). The van der Waals surface area contributed by atoms with Crippen molar-refractivity contribution in [2.24, 2.45) is 0 Å². The Balaban J connectivity index is 1.50. The molecule has 0 aliphatic carbocycles. The Morgan fingerprint density at radius 3 is 2.76 bits per heavy atom. The van der Waals surface area contributed by atoms with E-state index in [4.69, 9.17) is 9.47 Å². The Hall–Kier alpha value is -1.99. The molecule has 4 heterocycles. The molecule has 0 radical (unpaired) electrons. The van der Waals surface area contributed by atoms with Gasteiger partial charge in [0.2, 0.25) is 0 Å². The average Bonchev–Trinajstić information content (AvgIpc) is 3.16. The van der Waals surface area contributed by atoms with Crippen LogP contribution in [0.3, 0.4) is 0 Å². The number of hydrogen-bond acceptors (Lipinski definition) is 5. The number of amides is 1. The van der Waals surface area contributed by atoms with Crippen molar-refractivity contribution >= 4 is 17.1 Å². The fourth-order valence-corrected chi connectivity index (χ4v) is 2.97. The monoisotopic (exact) mass is 288 g/mol. The van der Waals surface area contributed by atoms with E-state index in [1.54, 1.807) is 18.6 Å². The lowest BCUT2D eigenvalue weighted by molar-refractivity contribution is -0.181. The van der Waals surface area contributed by atoms with Crippen molar-refractivity contribution in [2.75, 3.05) is 26.3 Å². The third-order valence-corrected chi connectivity index (χ3v) is 4.15. The second kappa shape index (κ2) is 4.78. The van der Waals surface area contributed by atoms with Gasteiger partial charge in [-0.25, -0.2) is 9.97 Å². The highest BCUT2D eigenvalue weighted by molar-refractivity contribution is 5.96. The molecule has 1 N–H and O–H groups in total. The van der Waals surface area contributed by atoms with Crippen molar-refractivity contribution in [1.29, 1.82) is 0 Å². The SMILES string of the molecule is O=C(c1cnc2nc[nH]c2c1)N1CCC2(CC1)OCCO2. The second-order valence-electron chi connectivity index (χ2n) is 5.40. The molecule has 0 saturated carbocycles. The zero-order valence-electron chi connectivity index (χ0n) is 11.5. The Bertz CT molecular complexity index is 668. The molecule has 7 nitrogen and oxygen atoms in total. The Morgan fingerprint density at radius 2 is 2.00 bits per heavy atom. The van der Waals surface area contributed by atoms with Crippen LogP contribution in [0.25, 0.3) is 11.2 Å². The quantitative estimate of drug-likeness (QED) is 0.844. The van der Waals surface area contributed by atoms with E-state index in [1.165, 1.54) is 0 Å². The van der Waals surface area contributed by atoms with Gasteiger partial charge in [0.25, 0.3) is 5.91 Å². The first-order chi connectivity index (χ1) is 10.3. The molecular formula is C14H16N4O3. The molecule has 7 heteroatoms. The van der Waals surface area contributed by atoms with Gasteiger partial charge in [0, 0.05) is 32.1 Å². The third kappa shape index (κ3) is 2.18. The second-order valence-corrected chi connectivity index (χ2v) is 5.40. The van der Waals surface area contributed by atoms with Crippen molar-refractivity contribution in [3.63, 3.8) is 0 Å². The Labute approximate surface area is 121 Å². The predicted molar refractivity (Wildman–Crippen MR) is 73.7 cm³/mol. The maximum Gasteiger partial charge on any atom is 0.255 e. The average molecular weight is 288 g/mol. The van der Waals surface area contributed by atoms with Crippen molar-refractivity contribution in [2.45, 2.75) is 18.6 Å². The van der Waals surface area contributed by atoms with E-state index in [9.17, 15) is 4.79 Å². The fraction of sp³-hybridized carbons (Fsp3) is 0.500. The highest BCUT2D eigenvalue weighted by atomic mass is 16.7. The van der Waals surface area contributed by atoms with Gasteiger partial charge >= 0.3 is 0 Å². The van der Waals surface area contributed by atoms with Crippen molar-refractivity contribution in [3.8, 4) is 0 Å². The molecule has 1 amide bonds. The van der Waals surface area contributed by atoms with Crippen LogP contribution in [0.2, 0.25) is 0 Å². The summed E-state index contributed by atoms with van der Waals surface area (Å²) in [6, 6.07) is 1.80. The number of aromatic amines is 1. The van der Waals surface area contributed by atoms with E-state index in [2.05, 4.69) is 15.0 Å². The van der Waals surface area contributed by atoms with E-state index in [0.29, 0.717) is 37.5 Å². The number of carbonyl (C=O) groups excluding carboxylic acids is 1. The number of carbonyl (C=O) groups is 1. The molecule has 2 aromatic heterocycles. The lowest BCUT2D eigenvalue weighted by Crippen LogP contribution is -2.47. The number of ether oxygens (including phenoxy) is 2. The first-order valence-corrected chi connectivity index (χ1v) is 7.12. The summed E-state index contributed by atoms with van der Waals surface area (Å²) in [6.07, 6.45) is 4.60. The summed E-state index contributed by atoms with van der Waals surface area (Å²) in [6.45, 7) is 2.57. The zero-order chi connectivity index (χ0) is 14.3. The number of likely N-dealkylation sites (tertiary alicyclic amines) is 1. The van der Waals surface area contributed by atoms with Crippen LogP contribution in [0.4, 0.5) is 0 Å². The van der Waals surface area contributed by atoms with Gasteiger partial charge in [0.15, 0.2) is 11.4 Å². The van der Waals surface area contributed by atoms with Crippen LogP contribution >= 0.6 is 0 Å². The molecule has 2 fully saturated rings. The molecule has 21 heavy (non-hydrogen) atoms. The summed E-state index contributed by atoms with van der Waals surface area (Å²) in [5.41, 5.74) is 1.98. The summed E-state index contributed by atoms with van der Waals surface area (Å²) < 4.78 is 11.4. The number of aromatic nitrogens is 3. The van der Waals surface area contributed by atoms with E-state index < -0.39 is 5.79 Å². The predicted octanol–water partition coefficient (Wildman–Crippen LogP) is 0.937. The van der Waals surface area contributed by atoms with Crippen LogP contribution in [-0.4, -0.2) is 57.8 Å². The molecule has 0 aromatic carbocycles. The maximum absolute atomic E-state index is 12.5. The van der Waals surface area contributed by atoms with Gasteiger partial charge < -0.3 is 19.4 Å². The van der Waals surface area contributed by atoms with Gasteiger partial charge in [0.05, 0.1) is 30.6 Å². The van der Waals surface area contributed by atoms with Gasteiger partial charge in [-0.3, -0.25) is 4.79 Å². The largest absolute Gasteiger partial charge is 0.347 e. The molecule has 110 valence electrons. The number of piperidine rings is 1. The number of rotatable bonds is 1. The summed E-state index contributed by atoms with van der Waals surface area (Å²) in [7, 11) is 0. The first-order valence-electron chi connectivity index (χ1n) is 7.12. The van der Waals surface area contributed by atoms with E-state index in [0.717, 1.165) is 18.4 Å². The molecule has 0 bridgehead atoms. The summed E-state index contributed by atoms with van der Waals surface area (Å²) in [4.78, 5) is 25.6. The van der Waals surface area contributed by atoms with Gasteiger partial charge in [-0.15, -0.1) is 0 Å². The number of imidazole rings is 1. The third-order valence-electron chi connectivity index (χ3n) is 4.15. The highest BCUT2D eigenvalue weighted by Crippen LogP contribution is 2.31. The van der Waals surface area contributed by atoms with Gasteiger partial charge in [0.1, 0.15) is 0 Å². The molecule has 2 aliphatic heterocycles. The van der Waals surface area contributed by atoms with Crippen LogP contribution in [0.5, 0.6) is 0 Å². The van der Waals surface area contributed by atoms with Crippen LogP contribution < -0.4 is 0 Å². The molecule has 1 spiro atoms. The number of hydrogen-bond donors (Lipinski definition) is 1. The maximum atomic E-state index is 12.5. The van der Waals surface area contributed by atoms with Crippen molar-refractivity contribution in [1.82, 2.24) is 19.9 Å². The minimum Gasteiger partial charge on any atom is -0.347 e. The van der Waals surface area contributed by atoms with E-state index >= 15 is 0 Å². The van der Waals surface area contributed by atoms with Gasteiger partial charge in [-0.05, 0) is 6.07 Å². The first kappa shape index (κ1) is 12.7. The van der Waals surface area contributed by atoms with E-state index in [1.807, 2.05) is 4.90 Å². The van der Waals surface area contributed by atoms with Crippen LogP contribution in [0.15, 0.2) is 18.6 Å². The fourth-order valence-electron chi connectivity index (χ4n) is 2.97. The lowest BCUT2D eigenvalue weighted by atomic mass is 10.0.